The number of nitrogens with one attached hydrogen (secondary N) is 3. The van der Waals surface area contributed by atoms with E-state index in [0.717, 1.165) is 24.0 Å². The van der Waals surface area contributed by atoms with Gasteiger partial charge in [0.25, 0.3) is 15.9 Å². The highest BCUT2D eigenvalue weighted by molar-refractivity contribution is 7.91. The van der Waals surface area contributed by atoms with E-state index in [1.165, 1.54) is 9.80 Å². The lowest BCUT2D eigenvalue weighted by Gasteiger charge is -2.30. The number of rotatable bonds is 7. The lowest BCUT2D eigenvalue weighted by atomic mass is 10.0. The van der Waals surface area contributed by atoms with Gasteiger partial charge >= 0.3 is 12.2 Å². The maximum atomic E-state index is 14.4. The molecule has 0 unspecified atom stereocenters. The molecule has 5 aliphatic rings. The van der Waals surface area contributed by atoms with E-state index in [4.69, 9.17) is 25.8 Å². The van der Waals surface area contributed by atoms with Gasteiger partial charge in [-0.2, -0.15) is 0 Å². The van der Waals surface area contributed by atoms with Gasteiger partial charge in [0.05, 0.1) is 13.1 Å². The van der Waals surface area contributed by atoms with Crippen molar-refractivity contribution in [3.05, 3.63) is 46.5 Å². The van der Waals surface area contributed by atoms with Gasteiger partial charge in [0.2, 0.25) is 11.8 Å². The third kappa shape index (κ3) is 8.50. The SMILES string of the molecule is CCOC1(S(=O)(=O)NC(=O)[C@@]23C[C@H]2C=CCCCCC[C@H](NC(=O)OC(C)(C)C)C(=O)N2C[C@H](OC(=O)N4Cc5cccc(Cl)c5C4)C[C@H]2C(=O)N3)CC1. The van der Waals surface area contributed by atoms with Crippen molar-refractivity contribution in [3.8, 4) is 0 Å². The number of carbonyl (C=O) groups excluding carboxylic acids is 5. The molecule has 2 saturated carbocycles. The van der Waals surface area contributed by atoms with Crippen molar-refractivity contribution in [1.29, 1.82) is 0 Å². The first kappa shape index (κ1) is 39.8. The monoisotopic (exact) mass is 791 g/mol. The van der Waals surface area contributed by atoms with Gasteiger partial charge in [-0.1, -0.05) is 48.7 Å². The maximum absolute atomic E-state index is 14.4. The second-order valence-electron chi connectivity index (χ2n) is 15.8. The van der Waals surface area contributed by atoms with Crippen LogP contribution in [0.4, 0.5) is 9.59 Å². The highest BCUT2D eigenvalue weighted by atomic mass is 35.5. The van der Waals surface area contributed by atoms with Gasteiger partial charge < -0.3 is 29.7 Å². The fraction of sp³-hybridized carbons (Fsp3) is 0.649. The highest BCUT2D eigenvalue weighted by Gasteiger charge is 2.64. The van der Waals surface area contributed by atoms with E-state index in [2.05, 4.69) is 15.4 Å². The summed E-state index contributed by atoms with van der Waals surface area (Å²) in [6.07, 6.45) is 4.84. The number of benzene rings is 1. The Kier molecular flexibility index (Phi) is 11.3. The van der Waals surface area contributed by atoms with Crippen LogP contribution in [0.3, 0.4) is 0 Å². The van der Waals surface area contributed by atoms with Crippen LogP contribution in [-0.2, 0) is 51.7 Å². The summed E-state index contributed by atoms with van der Waals surface area (Å²) in [5.41, 5.74) is -0.745. The Morgan fingerprint density at radius 2 is 1.85 bits per heavy atom. The van der Waals surface area contributed by atoms with Gasteiger partial charge in [-0.3, -0.25) is 19.3 Å². The van der Waals surface area contributed by atoms with E-state index in [1.54, 1.807) is 39.8 Å². The summed E-state index contributed by atoms with van der Waals surface area (Å²) in [6, 6.07) is 3.13. The number of hydrogen-bond acceptors (Lipinski definition) is 10. The van der Waals surface area contributed by atoms with Crippen LogP contribution in [0.2, 0.25) is 5.02 Å². The summed E-state index contributed by atoms with van der Waals surface area (Å²) in [5, 5.41) is 6.03. The normalized spacial score (nSPS) is 28.0. The van der Waals surface area contributed by atoms with Crippen LogP contribution in [0, 0.1) is 5.92 Å². The van der Waals surface area contributed by atoms with Crippen LogP contribution in [0.15, 0.2) is 30.4 Å². The summed E-state index contributed by atoms with van der Waals surface area (Å²) in [6.45, 7) is 7.26. The fourth-order valence-corrected chi connectivity index (χ4v) is 9.28. The Labute approximate surface area is 320 Å². The average molecular weight is 792 g/mol. The quantitative estimate of drug-likeness (QED) is 0.340. The molecular formula is C37H50ClN5O10S. The molecule has 5 atom stereocenters. The topological polar surface area (TPSA) is 190 Å². The first-order chi connectivity index (χ1) is 25.5. The molecule has 0 spiro atoms. The summed E-state index contributed by atoms with van der Waals surface area (Å²) >= 11 is 6.36. The molecule has 6 rings (SSSR count). The number of carbonyl (C=O) groups is 5. The van der Waals surface area contributed by atoms with Crippen LogP contribution in [0.5, 0.6) is 0 Å². The molecule has 15 nitrogen and oxygen atoms in total. The van der Waals surface area contributed by atoms with E-state index >= 15 is 0 Å². The number of alkyl carbamates (subject to hydrolysis) is 1. The molecule has 1 saturated heterocycles. The number of fused-ring (bicyclic) bond motifs is 3. The summed E-state index contributed by atoms with van der Waals surface area (Å²) in [4.78, 5) is 70.3. The molecule has 1 aromatic rings. The minimum atomic E-state index is -4.25. The molecule has 5 amide bonds. The first-order valence-electron chi connectivity index (χ1n) is 18.7. The fourth-order valence-electron chi connectivity index (χ4n) is 7.50. The molecule has 3 aliphatic heterocycles. The Morgan fingerprint density at radius 3 is 2.54 bits per heavy atom. The maximum Gasteiger partial charge on any atom is 0.410 e. The lowest BCUT2D eigenvalue weighted by Crippen LogP contribution is -2.59. The minimum Gasteiger partial charge on any atom is -0.444 e. The van der Waals surface area contributed by atoms with E-state index < -0.39 is 80.1 Å². The van der Waals surface area contributed by atoms with Crippen LogP contribution < -0.4 is 15.4 Å². The molecule has 3 heterocycles. The zero-order valence-corrected chi connectivity index (χ0v) is 32.7. The summed E-state index contributed by atoms with van der Waals surface area (Å²) < 4.78 is 45.7. The van der Waals surface area contributed by atoms with Crippen molar-refractivity contribution >= 4 is 51.5 Å². The predicted molar refractivity (Wildman–Crippen MR) is 196 cm³/mol. The molecule has 2 aliphatic carbocycles. The lowest BCUT2D eigenvalue weighted by molar-refractivity contribution is -0.141. The zero-order valence-electron chi connectivity index (χ0n) is 31.2. The number of sulfonamides is 1. The second kappa shape index (κ2) is 15.3. The molecule has 296 valence electrons. The molecule has 0 radical (unpaired) electrons. The van der Waals surface area contributed by atoms with Gasteiger partial charge in [0, 0.05) is 30.5 Å². The summed E-state index contributed by atoms with van der Waals surface area (Å²) in [7, 11) is -4.25. The highest BCUT2D eigenvalue weighted by Crippen LogP contribution is 2.48. The molecular weight excluding hydrogens is 742 g/mol. The molecule has 0 aromatic heterocycles. The Hall–Kier alpha value is -3.89. The van der Waals surface area contributed by atoms with Gasteiger partial charge in [-0.15, -0.1) is 0 Å². The van der Waals surface area contributed by atoms with Gasteiger partial charge in [0.15, 0.2) is 4.93 Å². The third-order valence-electron chi connectivity index (χ3n) is 10.6. The van der Waals surface area contributed by atoms with Crippen LogP contribution >= 0.6 is 11.6 Å². The standard InChI is InChI=1S/C37H50ClN5O10S/c1-5-51-36(16-17-36)54(49,50)41-32(46)37-19-24(37)13-9-7-6-8-10-15-28(39-33(47)53-35(2,3)4)31(45)43-21-25(18-29(43)30(44)40-37)52-34(48)42-20-23-12-11-14-27(38)26(23)22-42/h9,11-14,24-25,28-29H,5-8,10,15-22H2,1-4H3,(H,39,47)(H,40,44)(H,41,46)/t24-,25-,28+,29+,37-/m1/s1. The van der Waals surface area contributed by atoms with Gasteiger partial charge in [0.1, 0.15) is 29.3 Å². The molecule has 3 N–H and O–H groups in total. The molecule has 54 heavy (non-hydrogen) atoms. The number of hydrogen-bond donors (Lipinski definition) is 3. The molecule has 17 heteroatoms. The van der Waals surface area contributed by atoms with E-state index in [9.17, 15) is 32.4 Å². The van der Waals surface area contributed by atoms with Gasteiger partial charge in [-0.05, 0) is 83.4 Å². The molecule has 3 fully saturated rings. The Morgan fingerprint density at radius 1 is 1.09 bits per heavy atom. The number of allylic oxidation sites excluding steroid dienone is 1. The van der Waals surface area contributed by atoms with Crippen LogP contribution in [0.1, 0.15) is 96.6 Å². The predicted octanol–water partition coefficient (Wildman–Crippen LogP) is 4.02. The van der Waals surface area contributed by atoms with Crippen molar-refractivity contribution in [2.24, 2.45) is 5.92 Å². The van der Waals surface area contributed by atoms with Crippen molar-refractivity contribution < 1.29 is 46.6 Å². The Bertz CT molecular complexity index is 1810. The number of halogens is 1. The van der Waals surface area contributed by atoms with Crippen LogP contribution in [-0.4, -0.2) is 95.5 Å². The van der Waals surface area contributed by atoms with E-state index in [0.29, 0.717) is 17.9 Å². The van der Waals surface area contributed by atoms with Crippen molar-refractivity contribution in [1.82, 2.24) is 25.2 Å². The second-order valence-corrected chi connectivity index (χ2v) is 18.2. The van der Waals surface area contributed by atoms with Crippen molar-refractivity contribution in [2.45, 2.75) is 133 Å². The van der Waals surface area contributed by atoms with E-state index in [1.807, 2.05) is 18.2 Å². The third-order valence-corrected chi connectivity index (χ3v) is 12.9. The molecule has 1 aromatic carbocycles. The first-order valence-corrected chi connectivity index (χ1v) is 20.5. The van der Waals surface area contributed by atoms with Crippen LogP contribution in [0.25, 0.3) is 0 Å². The minimum absolute atomic E-state index is 0.103. The molecule has 0 bridgehead atoms. The van der Waals surface area contributed by atoms with Gasteiger partial charge in [-0.25, -0.2) is 22.7 Å². The van der Waals surface area contributed by atoms with Crippen molar-refractivity contribution in [2.75, 3.05) is 13.2 Å². The largest absolute Gasteiger partial charge is 0.444 e. The number of nitrogens with zero attached hydrogens (tertiary/aromatic N) is 2. The number of amides is 5. The Balaban J connectivity index is 1.26. The summed E-state index contributed by atoms with van der Waals surface area (Å²) in [5.74, 6) is -2.69. The average Bonchev–Trinajstić information content (AvgIpc) is 3.91. The van der Waals surface area contributed by atoms with Crippen molar-refractivity contribution in [3.63, 3.8) is 0 Å². The zero-order chi connectivity index (χ0) is 39.1. The number of ether oxygens (including phenoxy) is 3. The smallest absolute Gasteiger partial charge is 0.410 e. The van der Waals surface area contributed by atoms with E-state index in [-0.39, 0.29) is 58.3 Å².